The first-order valence-electron chi connectivity index (χ1n) is 7.68. The fourth-order valence-corrected chi connectivity index (χ4v) is 2.33. The molecular weight excluding hydrogens is 366 g/mol. The van der Waals surface area contributed by atoms with Crippen LogP contribution in [0.4, 0.5) is 5.69 Å². The summed E-state index contributed by atoms with van der Waals surface area (Å²) in [6.07, 6.45) is 3.85. The molecule has 0 aliphatic carbocycles. The van der Waals surface area contributed by atoms with Crippen LogP contribution in [0.1, 0.15) is 17.5 Å². The number of allylic oxidation sites excluding steroid dienone is 1. The molecule has 0 bridgehead atoms. The van der Waals surface area contributed by atoms with E-state index < -0.39 is 0 Å². The largest absolute Gasteiger partial charge is 0.385 e. The minimum atomic E-state index is -0.133. The quantitative estimate of drug-likeness (QED) is 0.550. The molecule has 0 radical (unpaired) electrons. The number of nitrogens with one attached hydrogen (secondary N) is 2. The molecule has 2 rings (SSSR count). The molecule has 5 heteroatoms. The summed E-state index contributed by atoms with van der Waals surface area (Å²) < 4.78 is 0.784. The van der Waals surface area contributed by atoms with Crippen LogP contribution in [-0.2, 0) is 4.79 Å². The van der Waals surface area contributed by atoms with Gasteiger partial charge in [-0.1, -0.05) is 48.0 Å². The highest BCUT2D eigenvalue weighted by Gasteiger charge is 1.99. The van der Waals surface area contributed by atoms with Gasteiger partial charge in [-0.15, -0.1) is 0 Å². The second-order valence-corrected chi connectivity index (χ2v) is 6.19. The maximum Gasteiger partial charge on any atom is 0.241 e. The molecule has 2 N–H and O–H groups in total. The Morgan fingerprint density at radius 2 is 1.83 bits per heavy atom. The number of aryl methyl sites for hydroxylation is 1. The van der Waals surface area contributed by atoms with Crippen molar-refractivity contribution in [1.82, 2.24) is 5.43 Å². The summed E-state index contributed by atoms with van der Waals surface area (Å²) in [4.78, 5) is 11.7. The van der Waals surface area contributed by atoms with Crippen molar-refractivity contribution in [3.05, 3.63) is 70.2 Å². The van der Waals surface area contributed by atoms with Crippen LogP contribution in [0.5, 0.6) is 0 Å². The van der Waals surface area contributed by atoms with Gasteiger partial charge < -0.3 is 5.32 Å². The summed E-state index contributed by atoms with van der Waals surface area (Å²) >= 11 is 3.40. The Kier molecular flexibility index (Phi) is 7.23. The molecule has 2 aromatic rings. The first kappa shape index (κ1) is 17.9. The van der Waals surface area contributed by atoms with Crippen LogP contribution >= 0.6 is 15.9 Å². The standard InChI is InChI=1S/C19H20BrN3O/c1-15-7-9-18(10-8-15)21-12-11-19(24)23-22-14-17(20)13-16-5-3-2-4-6-16/h2-10,13-14,21H,11-12H2,1H3,(H,23,24)/b17-13-,22-14+. The fraction of sp³-hybridized carbons (Fsp3) is 0.158. The van der Waals surface area contributed by atoms with Crippen molar-refractivity contribution in [3.8, 4) is 0 Å². The molecule has 0 spiro atoms. The molecule has 0 saturated carbocycles. The summed E-state index contributed by atoms with van der Waals surface area (Å²) in [5.41, 5.74) is 5.79. The molecule has 1 amide bonds. The predicted molar refractivity (Wildman–Crippen MR) is 104 cm³/mol. The lowest BCUT2D eigenvalue weighted by atomic mass is 10.2. The van der Waals surface area contributed by atoms with Crippen molar-refractivity contribution >= 4 is 39.8 Å². The average molecular weight is 386 g/mol. The molecule has 0 unspecified atom stereocenters. The van der Waals surface area contributed by atoms with Crippen LogP contribution in [0.2, 0.25) is 0 Å². The van der Waals surface area contributed by atoms with Crippen molar-refractivity contribution in [1.29, 1.82) is 0 Å². The minimum absolute atomic E-state index is 0.133. The Hall–Kier alpha value is -2.40. The van der Waals surface area contributed by atoms with Gasteiger partial charge in [0, 0.05) is 23.1 Å². The zero-order valence-corrected chi connectivity index (χ0v) is 15.1. The summed E-state index contributed by atoms with van der Waals surface area (Å²) in [6.45, 7) is 2.60. The first-order valence-corrected chi connectivity index (χ1v) is 8.47. The summed E-state index contributed by atoms with van der Waals surface area (Å²) in [7, 11) is 0. The van der Waals surface area contributed by atoms with Gasteiger partial charge in [-0.2, -0.15) is 5.10 Å². The van der Waals surface area contributed by atoms with Crippen LogP contribution in [0.3, 0.4) is 0 Å². The van der Waals surface area contributed by atoms with Crippen LogP contribution < -0.4 is 10.7 Å². The summed E-state index contributed by atoms with van der Waals surface area (Å²) in [6, 6.07) is 17.9. The monoisotopic (exact) mass is 385 g/mol. The second kappa shape index (κ2) is 9.67. The van der Waals surface area contributed by atoms with E-state index in [4.69, 9.17) is 0 Å². The molecule has 0 atom stereocenters. The topological polar surface area (TPSA) is 53.5 Å². The van der Waals surface area contributed by atoms with Crippen LogP contribution in [0.25, 0.3) is 6.08 Å². The smallest absolute Gasteiger partial charge is 0.241 e. The van der Waals surface area contributed by atoms with Gasteiger partial charge in [-0.25, -0.2) is 5.43 Å². The molecule has 0 aromatic heterocycles. The molecular formula is C19H20BrN3O. The Labute approximate surface area is 150 Å². The van der Waals surface area contributed by atoms with Crippen LogP contribution in [0.15, 0.2) is 64.2 Å². The van der Waals surface area contributed by atoms with Gasteiger partial charge >= 0.3 is 0 Å². The number of halogens is 1. The maximum absolute atomic E-state index is 11.7. The molecule has 0 aliphatic rings. The summed E-state index contributed by atoms with van der Waals surface area (Å²) in [5.74, 6) is -0.133. The van der Waals surface area contributed by atoms with Gasteiger partial charge in [0.05, 0.1) is 6.21 Å². The van der Waals surface area contributed by atoms with Gasteiger partial charge in [0.2, 0.25) is 5.91 Å². The Morgan fingerprint density at radius 1 is 1.12 bits per heavy atom. The van der Waals surface area contributed by atoms with E-state index in [9.17, 15) is 4.79 Å². The third-order valence-corrected chi connectivity index (χ3v) is 3.65. The van der Waals surface area contributed by atoms with Crippen molar-refractivity contribution in [3.63, 3.8) is 0 Å². The Bertz CT molecular complexity index is 709. The van der Waals surface area contributed by atoms with Gasteiger partial charge in [0.15, 0.2) is 0 Å². The lowest BCUT2D eigenvalue weighted by Gasteiger charge is -2.05. The number of amides is 1. The zero-order valence-electron chi connectivity index (χ0n) is 13.5. The van der Waals surface area contributed by atoms with E-state index in [1.54, 1.807) is 6.21 Å². The number of carbonyl (C=O) groups excluding carboxylic acids is 1. The Balaban J connectivity index is 1.70. The molecule has 4 nitrogen and oxygen atoms in total. The van der Waals surface area contributed by atoms with E-state index in [0.29, 0.717) is 13.0 Å². The van der Waals surface area contributed by atoms with E-state index in [1.807, 2.05) is 67.6 Å². The highest BCUT2D eigenvalue weighted by Crippen LogP contribution is 2.10. The normalized spacial score (nSPS) is 11.5. The van der Waals surface area contributed by atoms with E-state index in [0.717, 1.165) is 15.7 Å². The lowest BCUT2D eigenvalue weighted by molar-refractivity contribution is -0.120. The molecule has 0 aliphatic heterocycles. The van der Waals surface area contributed by atoms with Crippen LogP contribution in [0, 0.1) is 6.92 Å². The highest BCUT2D eigenvalue weighted by molar-refractivity contribution is 9.12. The van der Waals surface area contributed by atoms with Crippen molar-refractivity contribution in [2.24, 2.45) is 5.10 Å². The minimum Gasteiger partial charge on any atom is -0.385 e. The van der Waals surface area contributed by atoms with Crippen LogP contribution in [-0.4, -0.2) is 18.7 Å². The van der Waals surface area contributed by atoms with E-state index >= 15 is 0 Å². The summed E-state index contributed by atoms with van der Waals surface area (Å²) in [5, 5.41) is 7.14. The number of hydrogen-bond donors (Lipinski definition) is 2. The third kappa shape index (κ3) is 6.79. The Morgan fingerprint density at radius 3 is 2.54 bits per heavy atom. The lowest BCUT2D eigenvalue weighted by Crippen LogP contribution is -2.20. The third-order valence-electron chi connectivity index (χ3n) is 3.21. The van der Waals surface area contributed by atoms with Gasteiger partial charge in [0.1, 0.15) is 0 Å². The van der Waals surface area contributed by atoms with E-state index in [1.165, 1.54) is 5.56 Å². The van der Waals surface area contributed by atoms with Gasteiger partial charge in [0.25, 0.3) is 0 Å². The number of nitrogens with zero attached hydrogens (tertiary/aromatic N) is 1. The highest BCUT2D eigenvalue weighted by atomic mass is 79.9. The van der Waals surface area contributed by atoms with E-state index in [2.05, 4.69) is 31.8 Å². The zero-order chi connectivity index (χ0) is 17.2. The van der Waals surface area contributed by atoms with Gasteiger partial charge in [-0.05, 0) is 46.6 Å². The molecule has 0 heterocycles. The first-order chi connectivity index (χ1) is 11.6. The van der Waals surface area contributed by atoms with Gasteiger partial charge in [-0.3, -0.25) is 4.79 Å². The molecule has 2 aromatic carbocycles. The predicted octanol–water partition coefficient (Wildman–Crippen LogP) is 4.34. The molecule has 24 heavy (non-hydrogen) atoms. The average Bonchev–Trinajstić information content (AvgIpc) is 2.57. The number of carbonyl (C=O) groups is 1. The SMILES string of the molecule is Cc1ccc(NCCC(=O)N/N=C/C(Br)=C/c2ccccc2)cc1. The number of anilines is 1. The molecule has 0 fully saturated rings. The van der Waals surface area contributed by atoms with Crippen molar-refractivity contribution in [2.45, 2.75) is 13.3 Å². The fourth-order valence-electron chi connectivity index (χ4n) is 1.96. The number of hydrogen-bond acceptors (Lipinski definition) is 3. The maximum atomic E-state index is 11.7. The van der Waals surface area contributed by atoms with Crippen molar-refractivity contribution < 1.29 is 4.79 Å². The number of rotatable bonds is 7. The van der Waals surface area contributed by atoms with Crippen molar-refractivity contribution in [2.75, 3.05) is 11.9 Å². The number of benzene rings is 2. The molecule has 124 valence electrons. The number of hydrazone groups is 1. The molecule has 0 saturated heterocycles. The second-order valence-electron chi connectivity index (χ2n) is 5.28. The van der Waals surface area contributed by atoms with E-state index in [-0.39, 0.29) is 5.91 Å².